The molecule has 2 unspecified atom stereocenters. The maximum Gasteiger partial charge on any atom is 0.0708 e. The van der Waals surface area contributed by atoms with Crippen LogP contribution in [-0.4, -0.2) is 17.6 Å². The molecule has 110 valence electrons. The molecule has 2 N–H and O–H groups in total. The molecule has 0 amide bonds. The predicted molar refractivity (Wildman–Crippen MR) is 87.4 cm³/mol. The Labute approximate surface area is 126 Å². The Balaban J connectivity index is 2.02. The third-order valence-corrected chi connectivity index (χ3v) is 4.38. The van der Waals surface area contributed by atoms with E-state index >= 15 is 0 Å². The highest BCUT2D eigenvalue weighted by Crippen LogP contribution is 2.35. The van der Waals surface area contributed by atoms with Crippen LogP contribution in [0.25, 0.3) is 0 Å². The lowest BCUT2D eigenvalue weighted by molar-refractivity contribution is 0.474. The predicted octanol–water partition coefficient (Wildman–Crippen LogP) is 3.31. The van der Waals surface area contributed by atoms with Crippen molar-refractivity contribution in [2.24, 2.45) is 5.73 Å². The van der Waals surface area contributed by atoms with E-state index in [-0.39, 0.29) is 12.1 Å². The minimum absolute atomic E-state index is 0.111. The van der Waals surface area contributed by atoms with Crippen LogP contribution in [0.15, 0.2) is 48.8 Å². The number of rotatable bonds is 4. The van der Waals surface area contributed by atoms with Gasteiger partial charge in [0.15, 0.2) is 0 Å². The van der Waals surface area contributed by atoms with Crippen LogP contribution in [0, 0.1) is 0 Å². The molecule has 3 heteroatoms. The fourth-order valence-electron chi connectivity index (χ4n) is 3.28. The third-order valence-electron chi connectivity index (χ3n) is 4.38. The second kappa shape index (κ2) is 6.27. The van der Waals surface area contributed by atoms with E-state index < -0.39 is 0 Å². The van der Waals surface area contributed by atoms with E-state index in [9.17, 15) is 0 Å². The number of nitrogens with zero attached hydrogens (tertiary/aromatic N) is 2. The first kappa shape index (κ1) is 14.1. The molecule has 0 spiro atoms. The Kier molecular flexibility index (Phi) is 4.20. The molecule has 0 radical (unpaired) electrons. The number of pyridine rings is 1. The maximum absolute atomic E-state index is 6.47. The molecule has 0 aliphatic carbocycles. The van der Waals surface area contributed by atoms with Crippen molar-refractivity contribution in [3.63, 3.8) is 0 Å². The number of para-hydroxylation sites is 1. The maximum atomic E-state index is 6.47. The van der Waals surface area contributed by atoms with E-state index in [0.29, 0.717) is 0 Å². The van der Waals surface area contributed by atoms with Gasteiger partial charge in [-0.2, -0.15) is 0 Å². The first-order valence-electron chi connectivity index (χ1n) is 7.81. The molecular weight excluding hydrogens is 258 g/mol. The van der Waals surface area contributed by atoms with Crippen molar-refractivity contribution in [3.05, 3.63) is 59.9 Å². The van der Waals surface area contributed by atoms with Gasteiger partial charge in [-0.05, 0) is 42.5 Å². The number of hydrogen-bond acceptors (Lipinski definition) is 3. The normalized spacial score (nSPS) is 17.1. The lowest BCUT2D eigenvalue weighted by atomic mass is 9.93. The average molecular weight is 281 g/mol. The fourth-order valence-corrected chi connectivity index (χ4v) is 3.28. The zero-order valence-corrected chi connectivity index (χ0v) is 12.6. The van der Waals surface area contributed by atoms with Crippen LogP contribution in [0.3, 0.4) is 0 Å². The zero-order valence-electron chi connectivity index (χ0n) is 12.6. The van der Waals surface area contributed by atoms with Gasteiger partial charge in [-0.3, -0.25) is 4.98 Å². The fraction of sp³-hybridized carbons (Fsp3) is 0.389. The van der Waals surface area contributed by atoms with Gasteiger partial charge < -0.3 is 10.6 Å². The Hall–Kier alpha value is -1.87. The van der Waals surface area contributed by atoms with Crippen molar-refractivity contribution >= 4 is 5.69 Å². The van der Waals surface area contributed by atoms with Gasteiger partial charge in [0.1, 0.15) is 0 Å². The summed E-state index contributed by atoms with van der Waals surface area (Å²) in [4.78, 5) is 6.77. The molecule has 0 saturated heterocycles. The molecule has 1 aromatic carbocycles. The van der Waals surface area contributed by atoms with Crippen molar-refractivity contribution in [3.8, 4) is 0 Å². The summed E-state index contributed by atoms with van der Waals surface area (Å²) in [7, 11) is 0. The first-order chi connectivity index (χ1) is 10.3. The summed E-state index contributed by atoms with van der Waals surface area (Å²) in [6.45, 7) is 3.22. The van der Waals surface area contributed by atoms with Gasteiger partial charge in [0.05, 0.1) is 6.04 Å². The molecule has 2 atom stereocenters. The molecule has 21 heavy (non-hydrogen) atoms. The van der Waals surface area contributed by atoms with E-state index in [1.54, 1.807) is 0 Å². The number of fused-ring (bicyclic) bond motifs is 1. The van der Waals surface area contributed by atoms with Crippen LogP contribution < -0.4 is 10.6 Å². The van der Waals surface area contributed by atoms with E-state index in [1.165, 1.54) is 23.2 Å². The molecule has 1 aliphatic heterocycles. The minimum atomic E-state index is 0.111. The highest BCUT2D eigenvalue weighted by Gasteiger charge is 2.29. The standard InChI is InChI=1S/C18H23N3/c1-2-16(19)18(15-8-5-11-20-13-15)21-12-6-9-14-7-3-4-10-17(14)21/h3-5,7-8,10-11,13,16,18H,2,6,9,12,19H2,1H3. The van der Waals surface area contributed by atoms with Gasteiger partial charge in [-0.15, -0.1) is 0 Å². The second-order valence-electron chi connectivity index (χ2n) is 5.73. The van der Waals surface area contributed by atoms with Crippen LogP contribution in [0.4, 0.5) is 5.69 Å². The van der Waals surface area contributed by atoms with Crippen LogP contribution in [0.5, 0.6) is 0 Å². The Morgan fingerprint density at radius 2 is 2.10 bits per heavy atom. The molecule has 0 fully saturated rings. The summed E-state index contributed by atoms with van der Waals surface area (Å²) in [5.41, 5.74) is 10.4. The summed E-state index contributed by atoms with van der Waals surface area (Å²) in [5, 5.41) is 0. The third kappa shape index (κ3) is 2.79. The van der Waals surface area contributed by atoms with Crippen LogP contribution in [0.1, 0.15) is 36.9 Å². The first-order valence-corrected chi connectivity index (χ1v) is 7.81. The second-order valence-corrected chi connectivity index (χ2v) is 5.73. The molecule has 2 heterocycles. The van der Waals surface area contributed by atoms with E-state index in [0.717, 1.165) is 19.4 Å². The zero-order chi connectivity index (χ0) is 14.7. The molecule has 0 saturated carbocycles. The Bertz CT molecular complexity index is 582. The molecule has 1 aliphatic rings. The highest BCUT2D eigenvalue weighted by molar-refractivity contribution is 5.57. The van der Waals surface area contributed by atoms with Gasteiger partial charge in [0.25, 0.3) is 0 Å². The minimum Gasteiger partial charge on any atom is -0.363 e. The number of anilines is 1. The topological polar surface area (TPSA) is 42.1 Å². The van der Waals surface area contributed by atoms with Crippen LogP contribution in [0.2, 0.25) is 0 Å². The van der Waals surface area contributed by atoms with E-state index in [4.69, 9.17) is 5.73 Å². The van der Waals surface area contributed by atoms with Crippen molar-refractivity contribution in [2.75, 3.05) is 11.4 Å². The molecule has 3 rings (SSSR count). The Morgan fingerprint density at radius 1 is 1.24 bits per heavy atom. The van der Waals surface area contributed by atoms with Gasteiger partial charge >= 0.3 is 0 Å². The number of hydrogen-bond donors (Lipinski definition) is 1. The summed E-state index contributed by atoms with van der Waals surface area (Å²) < 4.78 is 0. The number of benzene rings is 1. The highest BCUT2D eigenvalue weighted by atomic mass is 15.2. The lowest BCUT2D eigenvalue weighted by Gasteiger charge is -2.40. The van der Waals surface area contributed by atoms with Crippen molar-refractivity contribution in [1.82, 2.24) is 4.98 Å². The molecule has 2 aromatic rings. The Morgan fingerprint density at radius 3 is 2.86 bits per heavy atom. The van der Waals surface area contributed by atoms with Gasteiger partial charge in [0.2, 0.25) is 0 Å². The van der Waals surface area contributed by atoms with E-state index in [1.807, 2.05) is 18.5 Å². The van der Waals surface area contributed by atoms with Crippen LogP contribution >= 0.6 is 0 Å². The molecular formula is C18H23N3. The number of aromatic nitrogens is 1. The van der Waals surface area contributed by atoms with Crippen LogP contribution in [-0.2, 0) is 6.42 Å². The summed E-state index contributed by atoms with van der Waals surface area (Å²) in [6.07, 6.45) is 7.08. The summed E-state index contributed by atoms with van der Waals surface area (Å²) >= 11 is 0. The van der Waals surface area contributed by atoms with Gasteiger partial charge in [0, 0.05) is 30.7 Å². The smallest absolute Gasteiger partial charge is 0.0708 e. The largest absolute Gasteiger partial charge is 0.363 e. The lowest BCUT2D eigenvalue weighted by Crippen LogP contribution is -2.43. The molecule has 1 aromatic heterocycles. The molecule has 0 bridgehead atoms. The summed E-state index contributed by atoms with van der Waals surface area (Å²) in [5.74, 6) is 0. The van der Waals surface area contributed by atoms with Crippen molar-refractivity contribution in [2.45, 2.75) is 38.3 Å². The molecule has 3 nitrogen and oxygen atoms in total. The average Bonchev–Trinajstić information content (AvgIpc) is 2.56. The summed E-state index contributed by atoms with van der Waals surface area (Å²) in [6, 6.07) is 13.2. The van der Waals surface area contributed by atoms with E-state index in [2.05, 4.69) is 47.1 Å². The van der Waals surface area contributed by atoms with Gasteiger partial charge in [-0.1, -0.05) is 31.2 Å². The monoisotopic (exact) mass is 281 g/mol. The SMILES string of the molecule is CCC(N)C(c1cccnc1)N1CCCc2ccccc21. The van der Waals surface area contributed by atoms with Gasteiger partial charge in [-0.25, -0.2) is 0 Å². The van der Waals surface area contributed by atoms with Crippen molar-refractivity contribution < 1.29 is 0 Å². The quantitative estimate of drug-likeness (QED) is 0.935. The number of nitrogens with two attached hydrogens (primary N) is 1. The number of aryl methyl sites for hydroxylation is 1. The van der Waals surface area contributed by atoms with Crippen molar-refractivity contribution in [1.29, 1.82) is 0 Å².